The standard InChI is InChI=1S/C21H27N5/c22-21-23-19-17-8-2-1-6-15(17)7-5-9-18(19)20(24-21)26-13-10-16(14-26)25-11-3-4-12-25/h1-2,6,8,16H,3-5,7,9-14H2,(H2,22,23,24). The molecule has 5 rings (SSSR count). The van der Waals surface area contributed by atoms with Crippen LogP contribution < -0.4 is 10.6 Å². The zero-order chi connectivity index (χ0) is 17.5. The molecule has 3 aliphatic rings. The van der Waals surface area contributed by atoms with E-state index in [9.17, 15) is 0 Å². The van der Waals surface area contributed by atoms with Crippen molar-refractivity contribution in [2.75, 3.05) is 36.8 Å². The summed E-state index contributed by atoms with van der Waals surface area (Å²) in [5, 5.41) is 0. The van der Waals surface area contributed by atoms with Gasteiger partial charge in [-0.1, -0.05) is 24.3 Å². The van der Waals surface area contributed by atoms with Crippen LogP contribution in [0.2, 0.25) is 0 Å². The predicted molar refractivity (Wildman–Crippen MR) is 105 cm³/mol. The maximum Gasteiger partial charge on any atom is 0.222 e. The van der Waals surface area contributed by atoms with Crippen LogP contribution in [0.1, 0.15) is 36.8 Å². The highest BCUT2D eigenvalue weighted by Gasteiger charge is 2.32. The number of anilines is 2. The Morgan fingerprint density at radius 3 is 2.69 bits per heavy atom. The van der Waals surface area contributed by atoms with Crippen LogP contribution in [-0.4, -0.2) is 47.1 Å². The normalized spacial score (nSPS) is 22.9. The lowest BCUT2D eigenvalue weighted by Gasteiger charge is -2.25. The second-order valence-corrected chi connectivity index (χ2v) is 7.87. The molecule has 136 valence electrons. The van der Waals surface area contributed by atoms with Gasteiger partial charge < -0.3 is 10.6 Å². The molecule has 26 heavy (non-hydrogen) atoms. The fourth-order valence-corrected chi connectivity index (χ4v) is 4.97. The van der Waals surface area contributed by atoms with Gasteiger partial charge in [0.15, 0.2) is 0 Å². The van der Waals surface area contributed by atoms with Crippen LogP contribution in [0.5, 0.6) is 0 Å². The molecule has 2 N–H and O–H groups in total. The van der Waals surface area contributed by atoms with Gasteiger partial charge in [0.2, 0.25) is 5.95 Å². The molecule has 2 fully saturated rings. The minimum atomic E-state index is 0.403. The Labute approximate surface area is 155 Å². The SMILES string of the molecule is Nc1nc2c(c(N3CCC(N4CCCC4)C3)n1)CCCc1ccccc1-2. The molecule has 1 atom stereocenters. The Kier molecular flexibility index (Phi) is 4.04. The Hall–Kier alpha value is -2.14. The van der Waals surface area contributed by atoms with Gasteiger partial charge in [0, 0.05) is 30.3 Å². The number of rotatable bonds is 2. The number of nitrogens with two attached hydrogens (primary N) is 1. The molecule has 1 aliphatic carbocycles. The van der Waals surface area contributed by atoms with Gasteiger partial charge in [0.05, 0.1) is 5.69 Å². The molecule has 0 amide bonds. The number of benzene rings is 1. The Morgan fingerprint density at radius 2 is 1.81 bits per heavy atom. The fourth-order valence-electron chi connectivity index (χ4n) is 4.97. The lowest BCUT2D eigenvalue weighted by Crippen LogP contribution is -2.35. The van der Waals surface area contributed by atoms with Crippen molar-refractivity contribution in [1.29, 1.82) is 0 Å². The highest BCUT2D eigenvalue weighted by Crippen LogP contribution is 2.37. The van der Waals surface area contributed by atoms with Gasteiger partial charge in [-0.2, -0.15) is 4.98 Å². The van der Waals surface area contributed by atoms with Crippen molar-refractivity contribution in [3.8, 4) is 11.3 Å². The maximum absolute atomic E-state index is 6.16. The van der Waals surface area contributed by atoms with Crippen LogP contribution in [0.25, 0.3) is 11.3 Å². The molecule has 5 heteroatoms. The van der Waals surface area contributed by atoms with Crippen LogP contribution in [0.4, 0.5) is 11.8 Å². The number of hydrogen-bond donors (Lipinski definition) is 1. The van der Waals surface area contributed by atoms with Crippen molar-refractivity contribution in [1.82, 2.24) is 14.9 Å². The molecule has 0 spiro atoms. The van der Waals surface area contributed by atoms with Crippen LogP contribution in [-0.2, 0) is 12.8 Å². The number of aromatic nitrogens is 2. The summed E-state index contributed by atoms with van der Waals surface area (Å²) in [7, 11) is 0. The van der Waals surface area contributed by atoms with Gasteiger partial charge in [-0.3, -0.25) is 4.90 Å². The molecule has 1 aromatic carbocycles. The average Bonchev–Trinajstić information content (AvgIpc) is 3.31. The molecule has 0 radical (unpaired) electrons. The molecule has 5 nitrogen and oxygen atoms in total. The number of nitrogen functional groups attached to an aromatic ring is 1. The van der Waals surface area contributed by atoms with E-state index in [1.54, 1.807) is 0 Å². The fraction of sp³-hybridized carbons (Fsp3) is 0.524. The molecular weight excluding hydrogens is 322 g/mol. The van der Waals surface area contributed by atoms with E-state index in [1.807, 2.05) is 0 Å². The summed E-state index contributed by atoms with van der Waals surface area (Å²) < 4.78 is 0. The summed E-state index contributed by atoms with van der Waals surface area (Å²) >= 11 is 0. The minimum absolute atomic E-state index is 0.403. The molecule has 2 aromatic rings. The van der Waals surface area contributed by atoms with Gasteiger partial charge in [-0.25, -0.2) is 4.98 Å². The number of fused-ring (bicyclic) bond motifs is 3. The zero-order valence-electron chi connectivity index (χ0n) is 15.3. The molecule has 0 saturated carbocycles. The van der Waals surface area contributed by atoms with Crippen molar-refractivity contribution in [2.45, 2.75) is 44.6 Å². The Bertz CT molecular complexity index is 812. The maximum atomic E-state index is 6.16. The first-order chi connectivity index (χ1) is 12.8. The van der Waals surface area contributed by atoms with E-state index in [0.29, 0.717) is 12.0 Å². The Balaban J connectivity index is 1.52. The summed E-state index contributed by atoms with van der Waals surface area (Å²) in [6.07, 6.45) is 7.21. The van der Waals surface area contributed by atoms with Gasteiger partial charge in [0.25, 0.3) is 0 Å². The summed E-state index contributed by atoms with van der Waals surface area (Å²) in [4.78, 5) is 14.5. The lowest BCUT2D eigenvalue weighted by molar-refractivity contribution is 0.260. The van der Waals surface area contributed by atoms with E-state index in [-0.39, 0.29) is 0 Å². The molecule has 0 bridgehead atoms. The van der Waals surface area contributed by atoms with Crippen molar-refractivity contribution in [3.05, 3.63) is 35.4 Å². The summed E-state index contributed by atoms with van der Waals surface area (Å²) in [5.74, 6) is 1.49. The first-order valence-corrected chi connectivity index (χ1v) is 10.0. The third-order valence-corrected chi connectivity index (χ3v) is 6.27. The van der Waals surface area contributed by atoms with E-state index >= 15 is 0 Å². The van der Waals surface area contributed by atoms with Crippen LogP contribution in [0.15, 0.2) is 24.3 Å². The quantitative estimate of drug-likeness (QED) is 0.903. The minimum Gasteiger partial charge on any atom is -0.368 e. The van der Waals surface area contributed by atoms with Gasteiger partial charge in [-0.05, 0) is 57.2 Å². The van der Waals surface area contributed by atoms with Crippen LogP contribution in [0.3, 0.4) is 0 Å². The highest BCUT2D eigenvalue weighted by molar-refractivity contribution is 5.74. The molecule has 1 unspecified atom stereocenters. The van der Waals surface area contributed by atoms with E-state index < -0.39 is 0 Å². The first kappa shape index (κ1) is 16.1. The molecular formula is C21H27N5. The smallest absolute Gasteiger partial charge is 0.222 e. The zero-order valence-corrected chi connectivity index (χ0v) is 15.3. The first-order valence-electron chi connectivity index (χ1n) is 10.0. The summed E-state index contributed by atoms with van der Waals surface area (Å²) in [6.45, 7) is 4.67. The average molecular weight is 349 g/mol. The largest absolute Gasteiger partial charge is 0.368 e. The Morgan fingerprint density at radius 1 is 0.962 bits per heavy atom. The van der Waals surface area contributed by atoms with Gasteiger partial charge >= 0.3 is 0 Å². The van der Waals surface area contributed by atoms with Crippen LogP contribution >= 0.6 is 0 Å². The third-order valence-electron chi connectivity index (χ3n) is 6.27. The number of likely N-dealkylation sites (tertiary alicyclic amines) is 1. The number of hydrogen-bond acceptors (Lipinski definition) is 5. The van der Waals surface area contributed by atoms with E-state index in [1.165, 1.54) is 49.0 Å². The number of aryl methyl sites for hydroxylation is 1. The van der Waals surface area contributed by atoms with Crippen molar-refractivity contribution in [2.24, 2.45) is 0 Å². The molecule has 3 heterocycles. The van der Waals surface area contributed by atoms with Gasteiger partial charge in [0.1, 0.15) is 5.82 Å². The lowest BCUT2D eigenvalue weighted by atomic mass is 10.0. The summed E-state index contributed by atoms with van der Waals surface area (Å²) in [5.41, 5.74) is 11.1. The monoisotopic (exact) mass is 349 g/mol. The van der Waals surface area contributed by atoms with E-state index in [4.69, 9.17) is 10.7 Å². The van der Waals surface area contributed by atoms with Crippen molar-refractivity contribution >= 4 is 11.8 Å². The molecule has 2 saturated heterocycles. The number of nitrogens with zero attached hydrogens (tertiary/aromatic N) is 4. The topological polar surface area (TPSA) is 58.3 Å². The van der Waals surface area contributed by atoms with E-state index in [0.717, 1.165) is 43.9 Å². The van der Waals surface area contributed by atoms with E-state index in [2.05, 4.69) is 39.0 Å². The van der Waals surface area contributed by atoms with Gasteiger partial charge in [-0.15, -0.1) is 0 Å². The van der Waals surface area contributed by atoms with Crippen molar-refractivity contribution in [3.63, 3.8) is 0 Å². The third kappa shape index (κ3) is 2.75. The van der Waals surface area contributed by atoms with Crippen molar-refractivity contribution < 1.29 is 0 Å². The predicted octanol–water partition coefficient (Wildman–Crippen LogP) is 2.89. The second kappa shape index (κ2) is 6.54. The second-order valence-electron chi connectivity index (χ2n) is 7.87. The molecule has 1 aromatic heterocycles. The summed E-state index contributed by atoms with van der Waals surface area (Å²) in [6, 6.07) is 9.30. The van der Waals surface area contributed by atoms with Crippen LogP contribution in [0, 0.1) is 0 Å². The highest BCUT2D eigenvalue weighted by atomic mass is 15.3. The molecule has 2 aliphatic heterocycles.